The predicted octanol–water partition coefficient (Wildman–Crippen LogP) is 3.38. The normalized spacial score (nSPS) is 10.5. The molecule has 0 unspecified atom stereocenters. The molecule has 0 radical (unpaired) electrons. The molecule has 144 valence electrons. The van der Waals surface area contributed by atoms with Crippen molar-refractivity contribution in [1.29, 1.82) is 0 Å². The first-order valence-electron chi connectivity index (χ1n) is 8.94. The minimum atomic E-state index is -0.300. The summed E-state index contributed by atoms with van der Waals surface area (Å²) >= 11 is 0. The van der Waals surface area contributed by atoms with Gasteiger partial charge < -0.3 is 10.6 Å². The molecular weight excluding hydrogens is 362 g/mol. The molecule has 3 rings (SSSR count). The Morgan fingerprint density at radius 3 is 2.00 bits per heavy atom. The minimum absolute atomic E-state index is 0.262. The summed E-state index contributed by atoms with van der Waals surface area (Å²) in [4.78, 5) is 20.6. The third-order valence-corrected chi connectivity index (χ3v) is 4.11. The van der Waals surface area contributed by atoms with Gasteiger partial charge in [-0.2, -0.15) is 0 Å². The molecule has 28 heavy (non-hydrogen) atoms. The number of nitrogens with zero attached hydrogens (tertiary/aromatic N) is 2. The van der Waals surface area contributed by atoms with Crippen LogP contribution in [-0.4, -0.2) is 29.0 Å². The molecular formula is C21H20F2N4O. The first kappa shape index (κ1) is 19.4. The number of halogens is 2. The zero-order valence-corrected chi connectivity index (χ0v) is 15.2. The van der Waals surface area contributed by atoms with Crippen molar-refractivity contribution in [2.45, 2.75) is 12.8 Å². The van der Waals surface area contributed by atoms with Gasteiger partial charge in [0.25, 0.3) is 5.91 Å². The van der Waals surface area contributed by atoms with Crippen molar-refractivity contribution in [3.63, 3.8) is 0 Å². The third-order valence-electron chi connectivity index (χ3n) is 4.11. The highest BCUT2D eigenvalue weighted by Gasteiger charge is 2.08. The van der Waals surface area contributed by atoms with Crippen LogP contribution in [0.3, 0.4) is 0 Å². The number of hydrogen-bond donors (Lipinski definition) is 2. The second-order valence-corrected chi connectivity index (χ2v) is 6.20. The minimum Gasteiger partial charge on any atom is -0.354 e. The molecule has 2 N–H and O–H groups in total. The number of anilines is 1. The van der Waals surface area contributed by atoms with Gasteiger partial charge in [0.1, 0.15) is 17.3 Å². The van der Waals surface area contributed by atoms with Gasteiger partial charge in [-0.3, -0.25) is 4.79 Å². The van der Waals surface area contributed by atoms with Gasteiger partial charge in [0.15, 0.2) is 0 Å². The van der Waals surface area contributed by atoms with Gasteiger partial charge in [0.05, 0.1) is 0 Å². The highest BCUT2D eigenvalue weighted by atomic mass is 19.1. The first-order chi connectivity index (χ1) is 13.6. The fraction of sp³-hybridized carbons (Fsp3) is 0.190. The quantitative estimate of drug-likeness (QED) is 0.627. The van der Waals surface area contributed by atoms with Gasteiger partial charge in [-0.25, -0.2) is 18.7 Å². The average Bonchev–Trinajstić information content (AvgIpc) is 2.71. The smallest absolute Gasteiger partial charge is 0.270 e. The van der Waals surface area contributed by atoms with E-state index < -0.39 is 0 Å². The van der Waals surface area contributed by atoms with Crippen molar-refractivity contribution in [1.82, 2.24) is 15.3 Å². The summed E-state index contributed by atoms with van der Waals surface area (Å²) in [7, 11) is 0. The highest BCUT2D eigenvalue weighted by molar-refractivity contribution is 5.92. The van der Waals surface area contributed by atoms with E-state index in [4.69, 9.17) is 0 Å². The predicted molar refractivity (Wildman–Crippen MR) is 103 cm³/mol. The van der Waals surface area contributed by atoms with Crippen LogP contribution in [0.15, 0.2) is 60.8 Å². The number of benzene rings is 2. The maximum Gasteiger partial charge on any atom is 0.270 e. The number of amides is 1. The topological polar surface area (TPSA) is 66.9 Å². The van der Waals surface area contributed by atoms with Crippen LogP contribution in [0.1, 0.15) is 21.6 Å². The van der Waals surface area contributed by atoms with E-state index in [9.17, 15) is 13.6 Å². The van der Waals surface area contributed by atoms with Crippen LogP contribution in [0.2, 0.25) is 0 Å². The van der Waals surface area contributed by atoms with Crippen molar-refractivity contribution in [3.8, 4) is 0 Å². The van der Waals surface area contributed by atoms with E-state index in [0.717, 1.165) is 11.1 Å². The van der Waals surface area contributed by atoms with Crippen LogP contribution in [0.5, 0.6) is 0 Å². The summed E-state index contributed by atoms with van der Waals surface area (Å²) < 4.78 is 25.8. The molecule has 0 bridgehead atoms. The molecule has 7 heteroatoms. The summed E-state index contributed by atoms with van der Waals surface area (Å²) in [6.07, 6.45) is 2.79. The van der Waals surface area contributed by atoms with Gasteiger partial charge in [-0.15, -0.1) is 0 Å². The van der Waals surface area contributed by atoms with Gasteiger partial charge in [0, 0.05) is 19.3 Å². The maximum atomic E-state index is 12.9. The van der Waals surface area contributed by atoms with E-state index in [2.05, 4.69) is 20.6 Å². The largest absolute Gasteiger partial charge is 0.354 e. The molecule has 0 aliphatic heterocycles. The van der Waals surface area contributed by atoms with Crippen LogP contribution in [-0.2, 0) is 12.8 Å². The van der Waals surface area contributed by atoms with E-state index in [1.807, 2.05) is 0 Å². The molecule has 0 atom stereocenters. The fourth-order valence-electron chi connectivity index (χ4n) is 2.60. The zero-order valence-electron chi connectivity index (χ0n) is 15.2. The zero-order chi connectivity index (χ0) is 19.8. The fourth-order valence-corrected chi connectivity index (χ4v) is 2.60. The molecule has 0 saturated carbocycles. The number of rotatable bonds is 8. The number of nitrogens with one attached hydrogen (secondary N) is 2. The Balaban J connectivity index is 1.46. The lowest BCUT2D eigenvalue weighted by Crippen LogP contribution is -2.27. The lowest BCUT2D eigenvalue weighted by Gasteiger charge is -2.08. The molecule has 3 aromatic rings. The van der Waals surface area contributed by atoms with Crippen LogP contribution in [0.4, 0.5) is 14.7 Å². The highest BCUT2D eigenvalue weighted by Crippen LogP contribution is 2.06. The lowest BCUT2D eigenvalue weighted by molar-refractivity contribution is 0.0949. The summed E-state index contributed by atoms with van der Waals surface area (Å²) in [6, 6.07) is 14.0. The van der Waals surface area contributed by atoms with Crippen LogP contribution < -0.4 is 10.6 Å². The van der Waals surface area contributed by atoms with Gasteiger partial charge in [0.2, 0.25) is 5.95 Å². The summed E-state index contributed by atoms with van der Waals surface area (Å²) in [5.74, 6) is -0.495. The molecule has 0 saturated heterocycles. The number of aromatic nitrogens is 2. The Morgan fingerprint density at radius 1 is 0.821 bits per heavy atom. The van der Waals surface area contributed by atoms with Crippen molar-refractivity contribution < 1.29 is 13.6 Å². The molecule has 1 aromatic heterocycles. The molecule has 1 heterocycles. The SMILES string of the molecule is O=C(NCCc1ccc(F)cc1)c1ccnc(NCCc2ccc(F)cc2)n1. The van der Waals surface area contributed by atoms with E-state index in [-0.39, 0.29) is 23.2 Å². The van der Waals surface area contributed by atoms with Crippen LogP contribution in [0, 0.1) is 11.6 Å². The molecule has 0 spiro atoms. The Bertz CT molecular complexity index is 914. The van der Waals surface area contributed by atoms with E-state index in [1.54, 1.807) is 30.3 Å². The summed E-state index contributed by atoms with van der Waals surface area (Å²) in [6.45, 7) is 0.975. The first-order valence-corrected chi connectivity index (χ1v) is 8.94. The second-order valence-electron chi connectivity index (χ2n) is 6.20. The van der Waals surface area contributed by atoms with Crippen molar-refractivity contribution in [2.24, 2.45) is 0 Å². The monoisotopic (exact) mass is 382 g/mol. The van der Waals surface area contributed by atoms with Crippen molar-refractivity contribution in [3.05, 3.63) is 89.2 Å². The number of carbonyl (C=O) groups is 1. The van der Waals surface area contributed by atoms with Crippen LogP contribution in [0.25, 0.3) is 0 Å². The lowest BCUT2D eigenvalue weighted by atomic mass is 10.1. The third kappa shape index (κ3) is 5.84. The van der Waals surface area contributed by atoms with E-state index >= 15 is 0 Å². The van der Waals surface area contributed by atoms with Gasteiger partial charge in [-0.1, -0.05) is 24.3 Å². The Labute approximate surface area is 161 Å². The standard InChI is InChI=1S/C21H20F2N4O/c22-17-5-1-15(2-6-17)9-12-24-20(28)19-11-14-26-21(27-19)25-13-10-16-3-7-18(23)8-4-16/h1-8,11,14H,9-10,12-13H2,(H,24,28)(H,25,26,27). The second kappa shape index (κ2) is 9.55. The van der Waals surface area contributed by atoms with E-state index in [0.29, 0.717) is 31.9 Å². The van der Waals surface area contributed by atoms with Crippen molar-refractivity contribution >= 4 is 11.9 Å². The summed E-state index contributed by atoms with van der Waals surface area (Å²) in [5.41, 5.74) is 2.19. The van der Waals surface area contributed by atoms with Crippen molar-refractivity contribution in [2.75, 3.05) is 18.4 Å². The van der Waals surface area contributed by atoms with Gasteiger partial charge in [-0.05, 0) is 54.3 Å². The molecule has 2 aromatic carbocycles. The summed E-state index contributed by atoms with van der Waals surface area (Å²) in [5, 5.41) is 5.85. The number of carbonyl (C=O) groups excluding carboxylic acids is 1. The Morgan fingerprint density at radius 2 is 1.39 bits per heavy atom. The molecule has 5 nitrogen and oxygen atoms in total. The maximum absolute atomic E-state index is 12.9. The molecule has 0 aliphatic rings. The van der Waals surface area contributed by atoms with E-state index in [1.165, 1.54) is 30.5 Å². The average molecular weight is 382 g/mol. The Kier molecular flexibility index (Phi) is 6.62. The molecule has 0 aliphatic carbocycles. The molecule has 1 amide bonds. The number of hydrogen-bond acceptors (Lipinski definition) is 4. The Hall–Kier alpha value is -3.35. The van der Waals surface area contributed by atoms with Gasteiger partial charge >= 0.3 is 0 Å². The van der Waals surface area contributed by atoms with Crippen LogP contribution >= 0.6 is 0 Å². The molecule has 0 fully saturated rings.